The van der Waals surface area contributed by atoms with E-state index < -0.39 is 6.09 Å². The van der Waals surface area contributed by atoms with Gasteiger partial charge in [0, 0.05) is 47.1 Å². The third-order valence-corrected chi connectivity index (χ3v) is 8.54. The number of rotatable bonds is 8. The summed E-state index contributed by atoms with van der Waals surface area (Å²) < 4.78 is 5.73. The summed E-state index contributed by atoms with van der Waals surface area (Å²) in [5.41, 5.74) is 7.37. The summed E-state index contributed by atoms with van der Waals surface area (Å²) >= 11 is 8.03. The molecule has 2 heterocycles. The molecule has 0 atom stereocenters. The zero-order valence-corrected chi connectivity index (χ0v) is 23.2. The Labute approximate surface area is 246 Å². The number of carbonyl (C=O) groups excluding carboxylic acids is 2. The lowest BCUT2D eigenvalue weighted by Gasteiger charge is -2.17. The number of aromatic nitrogens is 3. The highest BCUT2D eigenvalue weighted by Crippen LogP contribution is 2.44. The van der Waals surface area contributed by atoms with E-state index in [1.54, 1.807) is 30.7 Å². The standard InChI is InChI=1S/C32H23ClN4O3S/c33-29-13-21(23-14-34-19-35-15-23)12-22(30(29)41-31-20(17-38)6-5-11-36-31)16-37-32(39)40-18-28-26-9-3-1-7-24(26)25-8-2-4-10-27(25)28/h1-15,17,19,28H,16,18H2,(H,37,39). The molecule has 0 saturated heterocycles. The number of benzene rings is 3. The molecule has 6 rings (SSSR count). The van der Waals surface area contributed by atoms with Crippen LogP contribution in [0.15, 0.2) is 108 Å². The Hall–Kier alpha value is -4.53. The molecule has 1 amide bonds. The van der Waals surface area contributed by atoms with Crippen LogP contribution in [0.2, 0.25) is 5.02 Å². The molecule has 5 aromatic rings. The largest absolute Gasteiger partial charge is 0.449 e. The third-order valence-electron chi connectivity index (χ3n) is 6.91. The second-order valence-corrected chi connectivity index (χ2v) is 10.8. The van der Waals surface area contributed by atoms with E-state index in [0.29, 0.717) is 20.5 Å². The molecule has 0 fully saturated rings. The molecule has 0 unspecified atom stereocenters. The maximum Gasteiger partial charge on any atom is 0.407 e. The molecule has 0 spiro atoms. The minimum Gasteiger partial charge on any atom is -0.449 e. The first kappa shape index (κ1) is 26.7. The van der Waals surface area contributed by atoms with Crippen molar-refractivity contribution in [2.75, 3.05) is 6.61 Å². The van der Waals surface area contributed by atoms with Crippen LogP contribution < -0.4 is 5.32 Å². The van der Waals surface area contributed by atoms with Gasteiger partial charge in [0.25, 0.3) is 0 Å². The highest BCUT2D eigenvalue weighted by molar-refractivity contribution is 7.99. The summed E-state index contributed by atoms with van der Waals surface area (Å²) in [6.07, 6.45) is 6.67. The zero-order valence-electron chi connectivity index (χ0n) is 21.7. The summed E-state index contributed by atoms with van der Waals surface area (Å²) in [5.74, 6) is -0.0407. The van der Waals surface area contributed by atoms with Gasteiger partial charge in [0.2, 0.25) is 0 Å². The minimum absolute atomic E-state index is 0.0407. The maximum absolute atomic E-state index is 13.0. The quantitative estimate of drug-likeness (QED) is 0.195. The summed E-state index contributed by atoms with van der Waals surface area (Å²) in [7, 11) is 0. The van der Waals surface area contributed by atoms with E-state index in [4.69, 9.17) is 16.3 Å². The first-order valence-electron chi connectivity index (χ1n) is 12.9. The van der Waals surface area contributed by atoms with Gasteiger partial charge < -0.3 is 10.1 Å². The van der Waals surface area contributed by atoms with Gasteiger partial charge in [-0.1, -0.05) is 71.9 Å². The van der Waals surface area contributed by atoms with Crippen LogP contribution in [0.5, 0.6) is 0 Å². The molecule has 0 bridgehead atoms. The van der Waals surface area contributed by atoms with Crippen LogP contribution in [-0.2, 0) is 11.3 Å². The lowest BCUT2D eigenvalue weighted by Crippen LogP contribution is -2.26. The fourth-order valence-corrected chi connectivity index (χ4v) is 6.32. The fraction of sp³-hybridized carbons (Fsp3) is 0.0938. The van der Waals surface area contributed by atoms with Gasteiger partial charge in [0.05, 0.1) is 5.02 Å². The van der Waals surface area contributed by atoms with E-state index in [9.17, 15) is 9.59 Å². The molecule has 1 aliphatic carbocycles. The van der Waals surface area contributed by atoms with E-state index in [2.05, 4.69) is 44.5 Å². The molecular formula is C32H23ClN4O3S. The number of alkyl carbamates (subject to hydrolysis) is 1. The summed E-state index contributed by atoms with van der Waals surface area (Å²) in [6.45, 7) is 0.351. The number of nitrogens with one attached hydrogen (secondary N) is 1. The summed E-state index contributed by atoms with van der Waals surface area (Å²) in [5, 5.41) is 3.84. The van der Waals surface area contributed by atoms with Gasteiger partial charge in [-0.25, -0.2) is 19.7 Å². The molecule has 2 aromatic heterocycles. The van der Waals surface area contributed by atoms with Crippen molar-refractivity contribution in [1.82, 2.24) is 20.3 Å². The van der Waals surface area contributed by atoms with Crippen molar-refractivity contribution in [3.8, 4) is 22.3 Å². The number of carbonyl (C=O) groups is 2. The molecule has 9 heteroatoms. The SMILES string of the molecule is O=Cc1cccnc1Sc1c(Cl)cc(-c2cncnc2)cc1CNC(=O)OCC1c2ccccc2-c2ccccc21. The third kappa shape index (κ3) is 5.57. The molecule has 1 N–H and O–H groups in total. The topological polar surface area (TPSA) is 94.1 Å². The highest BCUT2D eigenvalue weighted by atomic mass is 35.5. The van der Waals surface area contributed by atoms with Crippen molar-refractivity contribution in [3.05, 3.63) is 125 Å². The Morgan fingerprint density at radius 1 is 0.951 bits per heavy atom. The lowest BCUT2D eigenvalue weighted by molar-refractivity contribution is 0.112. The van der Waals surface area contributed by atoms with Crippen molar-refractivity contribution in [3.63, 3.8) is 0 Å². The van der Waals surface area contributed by atoms with Gasteiger partial charge in [-0.05, 0) is 57.6 Å². The van der Waals surface area contributed by atoms with Crippen molar-refractivity contribution in [2.24, 2.45) is 0 Å². The average Bonchev–Trinajstić information content (AvgIpc) is 3.34. The smallest absolute Gasteiger partial charge is 0.407 e. The maximum atomic E-state index is 13.0. The minimum atomic E-state index is -0.543. The Morgan fingerprint density at radius 2 is 1.66 bits per heavy atom. The summed E-state index contributed by atoms with van der Waals surface area (Å²) in [4.78, 5) is 37.8. The van der Waals surface area contributed by atoms with E-state index in [-0.39, 0.29) is 19.1 Å². The van der Waals surface area contributed by atoms with Crippen LogP contribution in [0.1, 0.15) is 33.0 Å². The average molecular weight is 579 g/mol. The molecule has 202 valence electrons. The molecule has 1 aliphatic rings. The second kappa shape index (κ2) is 11.9. The number of fused-ring (bicyclic) bond motifs is 3. The van der Waals surface area contributed by atoms with E-state index in [0.717, 1.165) is 34.1 Å². The van der Waals surface area contributed by atoms with Crippen molar-refractivity contribution < 1.29 is 14.3 Å². The van der Waals surface area contributed by atoms with Crippen LogP contribution in [0.4, 0.5) is 4.79 Å². The first-order chi connectivity index (χ1) is 20.1. The van der Waals surface area contributed by atoms with Gasteiger partial charge in [-0.15, -0.1) is 0 Å². The highest BCUT2D eigenvalue weighted by Gasteiger charge is 2.29. The van der Waals surface area contributed by atoms with Gasteiger partial charge in [0.1, 0.15) is 18.0 Å². The molecule has 41 heavy (non-hydrogen) atoms. The Balaban J connectivity index is 1.23. The number of nitrogens with zero attached hydrogens (tertiary/aromatic N) is 3. The summed E-state index contributed by atoms with van der Waals surface area (Å²) in [6, 6.07) is 23.5. The van der Waals surface area contributed by atoms with Gasteiger partial charge in [-0.3, -0.25) is 4.79 Å². The number of pyridine rings is 1. The molecule has 0 aliphatic heterocycles. The molecule has 0 radical (unpaired) electrons. The predicted octanol–water partition coefficient (Wildman–Crippen LogP) is 7.19. The number of hydrogen-bond donors (Lipinski definition) is 1. The molecule has 0 saturated carbocycles. The lowest BCUT2D eigenvalue weighted by atomic mass is 9.98. The predicted molar refractivity (Wildman–Crippen MR) is 158 cm³/mol. The van der Waals surface area contributed by atoms with Crippen LogP contribution in [0, 0.1) is 0 Å². The normalized spacial score (nSPS) is 11.9. The van der Waals surface area contributed by atoms with Crippen molar-refractivity contribution >= 4 is 35.7 Å². The Kier molecular flexibility index (Phi) is 7.75. The van der Waals surface area contributed by atoms with Crippen LogP contribution >= 0.6 is 23.4 Å². The Morgan fingerprint density at radius 3 is 2.37 bits per heavy atom. The Bertz CT molecular complexity index is 1700. The number of ether oxygens (including phenoxy) is 1. The van der Waals surface area contributed by atoms with Gasteiger partial charge in [0.15, 0.2) is 6.29 Å². The number of amides is 1. The van der Waals surface area contributed by atoms with Crippen molar-refractivity contribution in [1.29, 1.82) is 0 Å². The first-order valence-corrected chi connectivity index (χ1v) is 14.1. The van der Waals surface area contributed by atoms with Crippen LogP contribution in [0.25, 0.3) is 22.3 Å². The van der Waals surface area contributed by atoms with Gasteiger partial charge >= 0.3 is 6.09 Å². The number of hydrogen-bond acceptors (Lipinski definition) is 7. The molecule has 7 nitrogen and oxygen atoms in total. The van der Waals surface area contributed by atoms with Gasteiger partial charge in [-0.2, -0.15) is 0 Å². The van der Waals surface area contributed by atoms with Crippen LogP contribution in [-0.4, -0.2) is 33.9 Å². The number of halogens is 1. The monoisotopic (exact) mass is 578 g/mol. The van der Waals surface area contributed by atoms with E-state index in [1.165, 1.54) is 29.2 Å². The number of aldehydes is 1. The van der Waals surface area contributed by atoms with Crippen LogP contribution in [0.3, 0.4) is 0 Å². The molecular weight excluding hydrogens is 556 g/mol. The second-order valence-electron chi connectivity index (χ2n) is 9.37. The van der Waals surface area contributed by atoms with E-state index >= 15 is 0 Å². The fourth-order valence-electron chi connectivity index (χ4n) is 5.00. The van der Waals surface area contributed by atoms with Crippen molar-refractivity contribution in [2.45, 2.75) is 22.4 Å². The van der Waals surface area contributed by atoms with E-state index in [1.807, 2.05) is 36.4 Å². The molecule has 3 aromatic carbocycles. The zero-order chi connectivity index (χ0) is 28.2.